The second-order valence-electron chi connectivity index (χ2n) is 4.30. The lowest BCUT2D eigenvalue weighted by Gasteiger charge is -2.23. The Morgan fingerprint density at radius 3 is 3.11 bits per heavy atom. The Balaban J connectivity index is 1.70. The first-order chi connectivity index (χ1) is 8.65. The van der Waals surface area contributed by atoms with E-state index in [4.69, 9.17) is 0 Å². The average molecular weight is 251 g/mol. The van der Waals surface area contributed by atoms with Gasteiger partial charge >= 0.3 is 0 Å². The van der Waals surface area contributed by atoms with Crippen LogP contribution in [-0.4, -0.2) is 47.3 Å². The molecule has 3 N–H and O–H groups in total. The molecule has 98 valence electrons. The molecule has 1 saturated heterocycles. The summed E-state index contributed by atoms with van der Waals surface area (Å²) in [5.41, 5.74) is 1.09. The van der Waals surface area contributed by atoms with Crippen LogP contribution in [0.4, 0.5) is 0 Å². The number of piperazine rings is 1. The Bertz CT molecular complexity index is 432. The number of nitrogens with zero attached hydrogens (tertiary/aromatic N) is 2. The molecule has 0 saturated carbocycles. The molecule has 1 aliphatic heterocycles. The van der Waals surface area contributed by atoms with Gasteiger partial charge in [-0.15, -0.1) is 0 Å². The SMILES string of the molecule is Cn1cc(CCNC(=O)C2CNC(=O)CN2)cn1. The molecule has 2 rings (SSSR count). The molecule has 1 fully saturated rings. The smallest absolute Gasteiger partial charge is 0.238 e. The largest absolute Gasteiger partial charge is 0.354 e. The molecule has 0 aliphatic carbocycles. The summed E-state index contributed by atoms with van der Waals surface area (Å²) in [6.07, 6.45) is 4.45. The minimum atomic E-state index is -0.336. The number of aromatic nitrogens is 2. The van der Waals surface area contributed by atoms with Crippen LogP contribution in [0.15, 0.2) is 12.4 Å². The topological polar surface area (TPSA) is 88.0 Å². The summed E-state index contributed by atoms with van der Waals surface area (Å²) in [5, 5.41) is 12.4. The highest BCUT2D eigenvalue weighted by Gasteiger charge is 2.23. The summed E-state index contributed by atoms with van der Waals surface area (Å²) >= 11 is 0. The van der Waals surface area contributed by atoms with Crippen LogP contribution >= 0.6 is 0 Å². The number of carbonyl (C=O) groups is 2. The van der Waals surface area contributed by atoms with Crippen LogP contribution in [0.5, 0.6) is 0 Å². The lowest BCUT2D eigenvalue weighted by molar-refractivity contribution is -0.126. The third-order valence-electron chi connectivity index (χ3n) is 2.80. The van der Waals surface area contributed by atoms with E-state index < -0.39 is 0 Å². The molecule has 2 heterocycles. The molecule has 0 radical (unpaired) electrons. The van der Waals surface area contributed by atoms with Gasteiger partial charge in [-0.25, -0.2) is 0 Å². The fourth-order valence-electron chi connectivity index (χ4n) is 1.81. The molecule has 7 nitrogen and oxygen atoms in total. The van der Waals surface area contributed by atoms with Crippen LogP contribution in [0.3, 0.4) is 0 Å². The standard InChI is InChI=1S/C11H17N5O2/c1-16-7-8(4-15-16)2-3-12-11(18)9-5-14-10(17)6-13-9/h4,7,9,13H,2-3,5-6H2,1H3,(H,12,18)(H,14,17). The Hall–Kier alpha value is -1.89. The minimum Gasteiger partial charge on any atom is -0.354 e. The summed E-state index contributed by atoms with van der Waals surface area (Å²) in [6.45, 7) is 1.11. The highest BCUT2D eigenvalue weighted by atomic mass is 16.2. The minimum absolute atomic E-state index is 0.0746. The molecular weight excluding hydrogens is 234 g/mol. The lowest BCUT2D eigenvalue weighted by Crippen LogP contribution is -2.58. The molecule has 1 aromatic rings. The molecule has 0 bridgehead atoms. The maximum Gasteiger partial charge on any atom is 0.238 e. The molecule has 1 aliphatic rings. The van der Waals surface area contributed by atoms with Gasteiger partial charge in [0.05, 0.1) is 12.7 Å². The van der Waals surface area contributed by atoms with Gasteiger partial charge in [-0.3, -0.25) is 19.6 Å². The van der Waals surface area contributed by atoms with Crippen molar-refractivity contribution in [2.24, 2.45) is 7.05 Å². The van der Waals surface area contributed by atoms with Crippen LogP contribution in [0.25, 0.3) is 0 Å². The number of rotatable bonds is 4. The number of carbonyl (C=O) groups excluding carboxylic acids is 2. The van der Waals surface area contributed by atoms with E-state index in [0.29, 0.717) is 13.1 Å². The van der Waals surface area contributed by atoms with Crippen molar-refractivity contribution in [3.8, 4) is 0 Å². The van der Waals surface area contributed by atoms with Crippen molar-refractivity contribution in [1.82, 2.24) is 25.7 Å². The molecule has 7 heteroatoms. The molecule has 18 heavy (non-hydrogen) atoms. The molecule has 2 amide bonds. The van der Waals surface area contributed by atoms with E-state index in [1.54, 1.807) is 10.9 Å². The van der Waals surface area contributed by atoms with Crippen molar-refractivity contribution in [3.05, 3.63) is 18.0 Å². The van der Waals surface area contributed by atoms with Crippen molar-refractivity contribution in [3.63, 3.8) is 0 Å². The first-order valence-corrected chi connectivity index (χ1v) is 5.90. The highest BCUT2D eigenvalue weighted by molar-refractivity contribution is 5.86. The summed E-state index contributed by atoms with van der Waals surface area (Å²) in [7, 11) is 1.86. The third kappa shape index (κ3) is 3.30. The molecule has 1 atom stereocenters. The van der Waals surface area contributed by atoms with E-state index in [1.165, 1.54) is 0 Å². The summed E-state index contributed by atoms with van der Waals surface area (Å²) in [5.74, 6) is -0.159. The Morgan fingerprint density at radius 2 is 2.50 bits per heavy atom. The first kappa shape index (κ1) is 12.6. The maximum atomic E-state index is 11.8. The lowest BCUT2D eigenvalue weighted by atomic mass is 10.2. The second-order valence-corrected chi connectivity index (χ2v) is 4.30. The van der Waals surface area contributed by atoms with Crippen molar-refractivity contribution in [2.45, 2.75) is 12.5 Å². The zero-order valence-corrected chi connectivity index (χ0v) is 10.3. The molecule has 1 aromatic heterocycles. The summed E-state index contributed by atoms with van der Waals surface area (Å²) < 4.78 is 1.73. The van der Waals surface area contributed by atoms with E-state index >= 15 is 0 Å². The zero-order valence-electron chi connectivity index (χ0n) is 10.3. The van der Waals surface area contributed by atoms with Crippen molar-refractivity contribution in [2.75, 3.05) is 19.6 Å². The Kier molecular flexibility index (Phi) is 3.93. The van der Waals surface area contributed by atoms with Crippen LogP contribution in [0.1, 0.15) is 5.56 Å². The highest BCUT2D eigenvalue weighted by Crippen LogP contribution is 1.96. The zero-order chi connectivity index (χ0) is 13.0. The Morgan fingerprint density at radius 1 is 1.67 bits per heavy atom. The maximum absolute atomic E-state index is 11.8. The van der Waals surface area contributed by atoms with Gasteiger partial charge in [0.2, 0.25) is 11.8 Å². The molecule has 1 unspecified atom stereocenters. The van der Waals surface area contributed by atoms with Crippen LogP contribution in [0.2, 0.25) is 0 Å². The van der Waals surface area contributed by atoms with Crippen molar-refractivity contribution >= 4 is 11.8 Å². The van der Waals surface area contributed by atoms with E-state index in [9.17, 15) is 9.59 Å². The van der Waals surface area contributed by atoms with E-state index in [1.807, 2.05) is 13.2 Å². The van der Waals surface area contributed by atoms with Gasteiger partial charge in [0.15, 0.2) is 0 Å². The number of nitrogens with one attached hydrogen (secondary N) is 3. The van der Waals surface area contributed by atoms with Crippen molar-refractivity contribution < 1.29 is 9.59 Å². The fourth-order valence-corrected chi connectivity index (χ4v) is 1.81. The number of amides is 2. The second kappa shape index (κ2) is 5.63. The predicted octanol–water partition coefficient (Wildman–Crippen LogP) is -1.83. The number of hydrogen-bond acceptors (Lipinski definition) is 4. The summed E-state index contributed by atoms with van der Waals surface area (Å²) in [6, 6.07) is -0.336. The van der Waals surface area contributed by atoms with Crippen LogP contribution in [0, 0.1) is 0 Å². The van der Waals surface area contributed by atoms with Gasteiger partial charge in [-0.05, 0) is 12.0 Å². The monoisotopic (exact) mass is 251 g/mol. The number of hydrogen-bond donors (Lipinski definition) is 3. The van der Waals surface area contributed by atoms with Gasteiger partial charge in [0.25, 0.3) is 0 Å². The van der Waals surface area contributed by atoms with Gasteiger partial charge in [0, 0.05) is 26.3 Å². The predicted molar refractivity (Wildman–Crippen MR) is 64.7 cm³/mol. The van der Waals surface area contributed by atoms with Gasteiger partial charge in [-0.2, -0.15) is 5.10 Å². The summed E-state index contributed by atoms with van der Waals surface area (Å²) in [4.78, 5) is 22.7. The average Bonchev–Trinajstić information content (AvgIpc) is 2.76. The number of aryl methyl sites for hydroxylation is 1. The third-order valence-corrected chi connectivity index (χ3v) is 2.80. The Labute approximate surface area is 105 Å². The molecule has 0 spiro atoms. The van der Waals surface area contributed by atoms with Gasteiger partial charge in [0.1, 0.15) is 6.04 Å². The quantitative estimate of drug-likeness (QED) is 0.587. The first-order valence-electron chi connectivity index (χ1n) is 5.90. The molecular formula is C11H17N5O2. The normalized spacial score (nSPS) is 19.4. The molecule has 0 aromatic carbocycles. The van der Waals surface area contributed by atoms with E-state index in [0.717, 1.165) is 12.0 Å². The van der Waals surface area contributed by atoms with Gasteiger partial charge < -0.3 is 10.6 Å². The fraction of sp³-hybridized carbons (Fsp3) is 0.545. The van der Waals surface area contributed by atoms with Gasteiger partial charge in [-0.1, -0.05) is 0 Å². The van der Waals surface area contributed by atoms with E-state index in [2.05, 4.69) is 21.0 Å². The van der Waals surface area contributed by atoms with Crippen LogP contribution < -0.4 is 16.0 Å². The van der Waals surface area contributed by atoms with Crippen LogP contribution in [-0.2, 0) is 23.1 Å². The van der Waals surface area contributed by atoms with Crippen molar-refractivity contribution in [1.29, 1.82) is 0 Å². The van der Waals surface area contributed by atoms with E-state index in [-0.39, 0.29) is 24.4 Å².